The molecule has 2 atom stereocenters. The predicted molar refractivity (Wildman–Crippen MR) is 61.4 cm³/mol. The van der Waals surface area contributed by atoms with Crippen LogP contribution in [0.3, 0.4) is 0 Å². The fourth-order valence-electron chi connectivity index (χ4n) is 1.49. The van der Waals surface area contributed by atoms with E-state index in [1.165, 1.54) is 0 Å². The molecule has 3 N–H and O–H groups in total. The Kier molecular flexibility index (Phi) is 7.34. The highest BCUT2D eigenvalue weighted by Gasteiger charge is 2.12. The monoisotopic (exact) mass is 216 g/mol. The van der Waals surface area contributed by atoms with Gasteiger partial charge in [-0.3, -0.25) is 4.79 Å². The zero-order valence-corrected chi connectivity index (χ0v) is 10.1. The van der Waals surface area contributed by atoms with E-state index >= 15 is 0 Å². The van der Waals surface area contributed by atoms with Crippen molar-refractivity contribution in [2.24, 2.45) is 11.7 Å². The van der Waals surface area contributed by atoms with Gasteiger partial charge in [-0.15, -0.1) is 0 Å². The second-order valence-electron chi connectivity index (χ2n) is 4.34. The van der Waals surface area contributed by atoms with Crippen LogP contribution in [-0.4, -0.2) is 42.2 Å². The Hall–Kier alpha value is -0.610. The standard InChI is InChI=1S/C11H24N2O2/c1-9(6-7-12)4-5-11(15)13(3)8-10(2)14/h9-10,14H,4-8,12H2,1-3H3. The Bertz CT molecular complexity index is 183. The molecule has 1 amide bonds. The Balaban J connectivity index is 3.72. The van der Waals surface area contributed by atoms with Gasteiger partial charge in [0.15, 0.2) is 0 Å². The number of carbonyl (C=O) groups is 1. The first-order chi connectivity index (χ1) is 6.97. The Morgan fingerprint density at radius 2 is 2.00 bits per heavy atom. The van der Waals surface area contributed by atoms with E-state index in [1.54, 1.807) is 18.9 Å². The first kappa shape index (κ1) is 14.4. The smallest absolute Gasteiger partial charge is 0.222 e. The summed E-state index contributed by atoms with van der Waals surface area (Å²) in [7, 11) is 1.72. The first-order valence-corrected chi connectivity index (χ1v) is 5.59. The molecule has 0 saturated heterocycles. The van der Waals surface area contributed by atoms with Gasteiger partial charge in [0.25, 0.3) is 0 Å². The lowest BCUT2D eigenvalue weighted by Crippen LogP contribution is -2.33. The van der Waals surface area contributed by atoms with Gasteiger partial charge in [0.05, 0.1) is 6.10 Å². The minimum Gasteiger partial charge on any atom is -0.392 e. The number of hydrogen-bond acceptors (Lipinski definition) is 3. The molecule has 0 aliphatic rings. The van der Waals surface area contributed by atoms with Crippen LogP contribution in [0.15, 0.2) is 0 Å². The second-order valence-corrected chi connectivity index (χ2v) is 4.34. The fourth-order valence-corrected chi connectivity index (χ4v) is 1.49. The molecule has 0 spiro atoms. The molecule has 0 fully saturated rings. The summed E-state index contributed by atoms with van der Waals surface area (Å²) in [6.45, 7) is 4.87. The maximum absolute atomic E-state index is 11.6. The van der Waals surface area contributed by atoms with Gasteiger partial charge in [-0.1, -0.05) is 6.92 Å². The predicted octanol–water partition coefficient (Wildman–Crippen LogP) is 0.591. The number of nitrogens with two attached hydrogens (primary N) is 1. The lowest BCUT2D eigenvalue weighted by molar-refractivity contribution is -0.131. The number of amides is 1. The highest BCUT2D eigenvalue weighted by Crippen LogP contribution is 2.10. The minimum absolute atomic E-state index is 0.0970. The van der Waals surface area contributed by atoms with Crippen molar-refractivity contribution in [2.75, 3.05) is 20.1 Å². The van der Waals surface area contributed by atoms with Gasteiger partial charge >= 0.3 is 0 Å². The highest BCUT2D eigenvalue weighted by atomic mass is 16.3. The average Bonchev–Trinajstić information content (AvgIpc) is 2.13. The molecule has 4 nitrogen and oxygen atoms in total. The quantitative estimate of drug-likeness (QED) is 0.654. The van der Waals surface area contributed by atoms with Crippen molar-refractivity contribution in [3.8, 4) is 0 Å². The molecule has 15 heavy (non-hydrogen) atoms. The van der Waals surface area contributed by atoms with Gasteiger partial charge in [-0.2, -0.15) is 0 Å². The molecule has 0 rings (SSSR count). The third-order valence-corrected chi connectivity index (χ3v) is 2.47. The molecule has 0 saturated carbocycles. The van der Waals surface area contributed by atoms with Crippen LogP contribution in [0.1, 0.15) is 33.1 Å². The maximum Gasteiger partial charge on any atom is 0.222 e. The van der Waals surface area contributed by atoms with E-state index in [9.17, 15) is 4.79 Å². The van der Waals surface area contributed by atoms with Gasteiger partial charge in [0, 0.05) is 20.0 Å². The van der Waals surface area contributed by atoms with E-state index in [4.69, 9.17) is 10.8 Å². The number of carbonyl (C=O) groups excluding carboxylic acids is 1. The number of aliphatic hydroxyl groups is 1. The van der Waals surface area contributed by atoms with Crippen molar-refractivity contribution in [3.05, 3.63) is 0 Å². The molecular formula is C11H24N2O2. The van der Waals surface area contributed by atoms with E-state index in [-0.39, 0.29) is 5.91 Å². The molecular weight excluding hydrogens is 192 g/mol. The van der Waals surface area contributed by atoms with Crippen molar-refractivity contribution in [2.45, 2.75) is 39.2 Å². The molecule has 0 bridgehead atoms. The summed E-state index contributed by atoms with van der Waals surface area (Å²) >= 11 is 0. The van der Waals surface area contributed by atoms with Gasteiger partial charge in [-0.05, 0) is 32.2 Å². The lowest BCUT2D eigenvalue weighted by Gasteiger charge is -2.19. The SMILES string of the molecule is CC(O)CN(C)C(=O)CCC(C)CCN. The lowest BCUT2D eigenvalue weighted by atomic mass is 10.0. The normalized spacial score (nSPS) is 14.7. The van der Waals surface area contributed by atoms with Gasteiger partial charge in [0.2, 0.25) is 5.91 Å². The summed E-state index contributed by atoms with van der Waals surface area (Å²) < 4.78 is 0. The van der Waals surface area contributed by atoms with Crippen molar-refractivity contribution in [1.82, 2.24) is 4.90 Å². The van der Waals surface area contributed by atoms with Gasteiger partial charge in [-0.25, -0.2) is 0 Å². The number of aliphatic hydroxyl groups excluding tert-OH is 1. The van der Waals surface area contributed by atoms with Crippen molar-refractivity contribution in [3.63, 3.8) is 0 Å². The van der Waals surface area contributed by atoms with Crippen molar-refractivity contribution < 1.29 is 9.90 Å². The Morgan fingerprint density at radius 1 is 1.40 bits per heavy atom. The molecule has 0 aliphatic carbocycles. The van der Waals surface area contributed by atoms with Crippen LogP contribution in [0.4, 0.5) is 0 Å². The van der Waals surface area contributed by atoms with Crippen LogP contribution in [0.2, 0.25) is 0 Å². The van der Waals surface area contributed by atoms with Gasteiger partial charge in [0.1, 0.15) is 0 Å². The minimum atomic E-state index is -0.458. The van der Waals surface area contributed by atoms with Crippen molar-refractivity contribution >= 4 is 5.91 Å². The summed E-state index contributed by atoms with van der Waals surface area (Å²) in [5.41, 5.74) is 5.43. The number of hydrogen-bond donors (Lipinski definition) is 2. The number of likely N-dealkylation sites (N-methyl/N-ethyl adjacent to an activating group) is 1. The molecule has 0 aromatic rings. The molecule has 0 aliphatic heterocycles. The molecule has 0 radical (unpaired) electrons. The van der Waals surface area contributed by atoms with Crippen LogP contribution < -0.4 is 5.73 Å². The third kappa shape index (κ3) is 7.33. The molecule has 0 aromatic heterocycles. The van der Waals surface area contributed by atoms with Crippen LogP contribution in [0.25, 0.3) is 0 Å². The first-order valence-electron chi connectivity index (χ1n) is 5.59. The van der Waals surface area contributed by atoms with E-state index in [0.29, 0.717) is 25.4 Å². The zero-order valence-electron chi connectivity index (χ0n) is 10.1. The zero-order chi connectivity index (χ0) is 11.8. The second kappa shape index (κ2) is 7.65. The Morgan fingerprint density at radius 3 is 2.47 bits per heavy atom. The van der Waals surface area contributed by atoms with Crippen LogP contribution in [-0.2, 0) is 4.79 Å². The van der Waals surface area contributed by atoms with Crippen LogP contribution in [0, 0.1) is 5.92 Å². The molecule has 0 aromatic carbocycles. The highest BCUT2D eigenvalue weighted by molar-refractivity contribution is 5.75. The Labute approximate surface area is 92.4 Å². The summed E-state index contributed by atoms with van der Waals surface area (Å²) in [5.74, 6) is 0.596. The average molecular weight is 216 g/mol. The fraction of sp³-hybridized carbons (Fsp3) is 0.909. The van der Waals surface area contributed by atoms with Crippen LogP contribution in [0.5, 0.6) is 0 Å². The molecule has 4 heteroatoms. The van der Waals surface area contributed by atoms with Crippen LogP contribution >= 0.6 is 0 Å². The molecule has 0 heterocycles. The number of nitrogens with zero attached hydrogens (tertiary/aromatic N) is 1. The molecule has 2 unspecified atom stereocenters. The third-order valence-electron chi connectivity index (χ3n) is 2.47. The topological polar surface area (TPSA) is 66.6 Å². The largest absolute Gasteiger partial charge is 0.392 e. The van der Waals surface area contributed by atoms with E-state index in [1.807, 2.05) is 0 Å². The van der Waals surface area contributed by atoms with Crippen molar-refractivity contribution in [1.29, 1.82) is 0 Å². The van der Waals surface area contributed by atoms with E-state index in [2.05, 4.69) is 6.92 Å². The summed E-state index contributed by atoms with van der Waals surface area (Å²) in [4.78, 5) is 13.2. The summed E-state index contributed by atoms with van der Waals surface area (Å²) in [5, 5.41) is 9.12. The van der Waals surface area contributed by atoms with E-state index < -0.39 is 6.10 Å². The molecule has 90 valence electrons. The summed E-state index contributed by atoms with van der Waals surface area (Å²) in [6, 6.07) is 0. The summed E-state index contributed by atoms with van der Waals surface area (Å²) in [6.07, 6.45) is 1.93. The number of rotatable bonds is 7. The van der Waals surface area contributed by atoms with Gasteiger partial charge < -0.3 is 15.7 Å². The van der Waals surface area contributed by atoms with E-state index in [0.717, 1.165) is 12.8 Å². The maximum atomic E-state index is 11.6.